The highest BCUT2D eigenvalue weighted by Gasteiger charge is 2.51. The maximum absolute atomic E-state index is 12.3. The van der Waals surface area contributed by atoms with E-state index in [1.807, 2.05) is 18.2 Å². The van der Waals surface area contributed by atoms with E-state index in [0.29, 0.717) is 23.9 Å². The highest BCUT2D eigenvalue weighted by atomic mass is 35.5. The molecule has 0 aliphatic heterocycles. The van der Waals surface area contributed by atoms with Crippen LogP contribution < -0.4 is 15.4 Å². The summed E-state index contributed by atoms with van der Waals surface area (Å²) in [4.78, 5) is 12.3. The van der Waals surface area contributed by atoms with Gasteiger partial charge in [-0.25, -0.2) is 4.79 Å². The summed E-state index contributed by atoms with van der Waals surface area (Å²) in [7, 11) is 0. The van der Waals surface area contributed by atoms with Gasteiger partial charge in [0, 0.05) is 5.54 Å². The molecule has 1 aromatic rings. The van der Waals surface area contributed by atoms with Crippen LogP contribution in [-0.4, -0.2) is 24.7 Å². The molecule has 0 heterocycles. The fourth-order valence-corrected chi connectivity index (χ4v) is 5.63. The first-order valence-corrected chi connectivity index (χ1v) is 9.43. The number of ether oxygens (including phenoxy) is 1. The van der Waals surface area contributed by atoms with Crippen molar-refractivity contribution in [2.45, 2.75) is 44.1 Å². The minimum atomic E-state index is -0.0558. The first-order valence-electron chi connectivity index (χ1n) is 9.05. The van der Waals surface area contributed by atoms with Crippen molar-refractivity contribution in [1.29, 1.82) is 0 Å². The molecule has 4 aliphatic rings. The third kappa shape index (κ3) is 3.34. The lowest BCUT2D eigenvalue weighted by Gasteiger charge is -2.56. The van der Waals surface area contributed by atoms with Gasteiger partial charge in [-0.15, -0.1) is 0 Å². The van der Waals surface area contributed by atoms with Gasteiger partial charge in [0.1, 0.15) is 12.4 Å². The number of hydrogen-bond donors (Lipinski definition) is 2. The van der Waals surface area contributed by atoms with Gasteiger partial charge in [0.2, 0.25) is 0 Å². The predicted molar refractivity (Wildman–Crippen MR) is 94.4 cm³/mol. The van der Waals surface area contributed by atoms with Crippen LogP contribution in [0.25, 0.3) is 0 Å². The van der Waals surface area contributed by atoms with Gasteiger partial charge < -0.3 is 15.4 Å². The molecule has 2 N–H and O–H groups in total. The van der Waals surface area contributed by atoms with Crippen LogP contribution in [0, 0.1) is 17.8 Å². The van der Waals surface area contributed by atoms with Crippen molar-refractivity contribution < 1.29 is 9.53 Å². The first kappa shape index (κ1) is 16.1. The summed E-state index contributed by atoms with van der Waals surface area (Å²) in [6.45, 7) is 0.890. The molecule has 5 heteroatoms. The van der Waals surface area contributed by atoms with Gasteiger partial charge in [0.25, 0.3) is 0 Å². The SMILES string of the molecule is O=C(NCCOc1ccccc1Cl)NC12CC3CC(CC(C3)C1)C2. The maximum atomic E-state index is 12.3. The molecule has 0 atom stereocenters. The fourth-order valence-electron chi connectivity index (χ4n) is 5.44. The first-order chi connectivity index (χ1) is 11.6. The van der Waals surface area contributed by atoms with Crippen molar-refractivity contribution in [1.82, 2.24) is 10.6 Å². The van der Waals surface area contributed by atoms with Crippen LogP contribution in [-0.2, 0) is 0 Å². The highest BCUT2D eigenvalue weighted by Crippen LogP contribution is 2.55. The molecule has 130 valence electrons. The van der Waals surface area contributed by atoms with E-state index < -0.39 is 0 Å². The molecule has 2 amide bonds. The second-order valence-electron chi connectivity index (χ2n) is 7.86. The monoisotopic (exact) mass is 348 g/mol. The Labute approximate surface area is 148 Å². The van der Waals surface area contributed by atoms with Crippen LogP contribution in [0.2, 0.25) is 5.02 Å². The zero-order valence-electron chi connectivity index (χ0n) is 13.9. The van der Waals surface area contributed by atoms with E-state index in [2.05, 4.69) is 10.6 Å². The lowest BCUT2D eigenvalue weighted by atomic mass is 9.53. The van der Waals surface area contributed by atoms with Crippen molar-refractivity contribution in [3.63, 3.8) is 0 Å². The van der Waals surface area contributed by atoms with Gasteiger partial charge in [-0.05, 0) is 68.4 Å². The number of hydrogen-bond acceptors (Lipinski definition) is 2. The molecule has 0 spiro atoms. The van der Waals surface area contributed by atoms with E-state index in [4.69, 9.17) is 16.3 Å². The zero-order chi connectivity index (χ0) is 16.6. The van der Waals surface area contributed by atoms with Crippen molar-refractivity contribution in [2.24, 2.45) is 17.8 Å². The van der Waals surface area contributed by atoms with E-state index in [0.717, 1.165) is 17.8 Å². The van der Waals surface area contributed by atoms with Crippen LogP contribution in [0.3, 0.4) is 0 Å². The third-order valence-corrected chi connectivity index (χ3v) is 6.21. The number of nitrogens with one attached hydrogen (secondary N) is 2. The summed E-state index contributed by atoms with van der Waals surface area (Å²) < 4.78 is 5.61. The minimum absolute atomic E-state index is 0.0558. The number of carbonyl (C=O) groups excluding carboxylic acids is 1. The van der Waals surface area contributed by atoms with Gasteiger partial charge in [0.15, 0.2) is 0 Å². The minimum Gasteiger partial charge on any atom is -0.490 e. The Morgan fingerprint density at radius 2 is 1.75 bits per heavy atom. The smallest absolute Gasteiger partial charge is 0.315 e. The van der Waals surface area contributed by atoms with Crippen molar-refractivity contribution in [3.05, 3.63) is 29.3 Å². The molecule has 0 radical (unpaired) electrons. The van der Waals surface area contributed by atoms with Gasteiger partial charge in [0.05, 0.1) is 11.6 Å². The largest absolute Gasteiger partial charge is 0.490 e. The molecule has 4 nitrogen and oxygen atoms in total. The van der Waals surface area contributed by atoms with E-state index in [1.165, 1.54) is 38.5 Å². The Bertz CT molecular complexity index is 584. The van der Waals surface area contributed by atoms with Gasteiger partial charge >= 0.3 is 6.03 Å². The molecule has 4 fully saturated rings. The molecule has 1 aromatic carbocycles. The predicted octanol–water partition coefficient (Wildman–Crippen LogP) is 3.99. The lowest BCUT2D eigenvalue weighted by molar-refractivity contribution is -0.0135. The molecular formula is C19H25ClN2O2. The Morgan fingerprint density at radius 1 is 1.12 bits per heavy atom. The van der Waals surface area contributed by atoms with E-state index in [-0.39, 0.29) is 11.6 Å². The summed E-state index contributed by atoms with van der Waals surface area (Å²) in [5.74, 6) is 3.16. The van der Waals surface area contributed by atoms with E-state index >= 15 is 0 Å². The average Bonchev–Trinajstić information content (AvgIpc) is 2.51. The Kier molecular flexibility index (Phi) is 4.33. The number of para-hydroxylation sites is 1. The molecule has 5 rings (SSSR count). The van der Waals surface area contributed by atoms with Crippen LogP contribution in [0.4, 0.5) is 4.79 Å². The number of rotatable bonds is 5. The molecule has 0 unspecified atom stereocenters. The van der Waals surface area contributed by atoms with Crippen molar-refractivity contribution in [3.8, 4) is 5.75 Å². The quantitative estimate of drug-likeness (QED) is 0.790. The number of halogens is 1. The molecular weight excluding hydrogens is 324 g/mol. The van der Waals surface area contributed by atoms with Crippen LogP contribution in [0.15, 0.2) is 24.3 Å². The normalized spacial score (nSPS) is 33.3. The van der Waals surface area contributed by atoms with Crippen molar-refractivity contribution >= 4 is 17.6 Å². The number of urea groups is 1. The summed E-state index contributed by atoms with van der Waals surface area (Å²) >= 11 is 6.04. The summed E-state index contributed by atoms with van der Waals surface area (Å²) in [6, 6.07) is 7.32. The summed E-state index contributed by atoms with van der Waals surface area (Å²) in [5.41, 5.74) is 0.0580. The maximum Gasteiger partial charge on any atom is 0.315 e. The molecule has 4 saturated carbocycles. The standard InChI is InChI=1S/C19H25ClN2O2/c20-16-3-1-2-4-17(16)24-6-5-21-18(23)22-19-10-13-7-14(11-19)9-15(8-13)12-19/h1-4,13-15H,5-12H2,(H2,21,22,23). The van der Waals surface area contributed by atoms with Gasteiger partial charge in [-0.1, -0.05) is 23.7 Å². The fraction of sp³-hybridized carbons (Fsp3) is 0.632. The Hall–Kier alpha value is -1.42. The number of amides is 2. The Morgan fingerprint density at radius 3 is 2.38 bits per heavy atom. The van der Waals surface area contributed by atoms with Crippen LogP contribution >= 0.6 is 11.6 Å². The van der Waals surface area contributed by atoms with E-state index in [1.54, 1.807) is 6.07 Å². The van der Waals surface area contributed by atoms with Gasteiger partial charge in [-0.3, -0.25) is 0 Å². The molecule has 4 aliphatic carbocycles. The van der Waals surface area contributed by atoms with Crippen LogP contribution in [0.1, 0.15) is 38.5 Å². The number of carbonyl (C=O) groups is 1. The van der Waals surface area contributed by atoms with Crippen molar-refractivity contribution in [2.75, 3.05) is 13.2 Å². The second kappa shape index (κ2) is 6.47. The lowest BCUT2D eigenvalue weighted by Crippen LogP contribution is -2.61. The molecule has 4 bridgehead atoms. The van der Waals surface area contributed by atoms with E-state index in [9.17, 15) is 4.79 Å². The Balaban J connectivity index is 1.23. The molecule has 24 heavy (non-hydrogen) atoms. The molecule has 0 aromatic heterocycles. The average molecular weight is 349 g/mol. The topological polar surface area (TPSA) is 50.4 Å². The zero-order valence-corrected chi connectivity index (χ0v) is 14.6. The summed E-state index contributed by atoms with van der Waals surface area (Å²) in [5, 5.41) is 6.83. The van der Waals surface area contributed by atoms with Gasteiger partial charge in [-0.2, -0.15) is 0 Å². The number of benzene rings is 1. The third-order valence-electron chi connectivity index (χ3n) is 5.90. The molecule has 0 saturated heterocycles. The highest BCUT2D eigenvalue weighted by molar-refractivity contribution is 6.32. The second-order valence-corrected chi connectivity index (χ2v) is 8.26. The summed E-state index contributed by atoms with van der Waals surface area (Å²) in [6.07, 6.45) is 7.66. The van der Waals surface area contributed by atoms with Crippen LogP contribution in [0.5, 0.6) is 5.75 Å².